The van der Waals surface area contributed by atoms with Crippen LogP contribution in [0.1, 0.15) is 66.5 Å². The fourth-order valence-electron chi connectivity index (χ4n) is 11.9. The molecule has 0 saturated heterocycles. The molecule has 9 aromatic rings. The Labute approximate surface area is 467 Å². The van der Waals surface area contributed by atoms with Gasteiger partial charge in [0, 0.05) is 0 Å². The average Bonchev–Trinajstić information content (AvgIpc) is 4.22. The molecule has 0 atom stereocenters. The molecule has 1 aliphatic carbocycles. The predicted octanol–water partition coefficient (Wildman–Crippen LogP) is 15.8. The van der Waals surface area contributed by atoms with Gasteiger partial charge in [0.1, 0.15) is 0 Å². The van der Waals surface area contributed by atoms with Crippen molar-refractivity contribution in [2.24, 2.45) is 0 Å². The van der Waals surface area contributed by atoms with E-state index in [4.69, 9.17) is 0 Å². The molecule has 0 radical (unpaired) electrons. The SMILES string of the molecule is CC=C1CCCC1=CC(C#Cc1ccc(C2=C(c3ccccc3)C(c3ccccc3)=C(c3ccc(/C=C/C)cc3)[Si]2(c2ccccc2)c2ccccc2)cc1)=C([C]#[Os])[P+](c1ccccc1)(c1ccccc1)c1ccccc1. The zero-order chi connectivity index (χ0) is 52.4. The summed E-state index contributed by atoms with van der Waals surface area (Å²) in [5.41, 5.74) is 13.4. The summed E-state index contributed by atoms with van der Waals surface area (Å²) >= 11 is 1.82. The van der Waals surface area contributed by atoms with E-state index in [9.17, 15) is 0 Å². The number of benzene rings is 9. The molecule has 1 aliphatic heterocycles. The van der Waals surface area contributed by atoms with Crippen LogP contribution in [0.5, 0.6) is 0 Å². The quantitative estimate of drug-likeness (QED) is 0.0650. The van der Waals surface area contributed by atoms with Crippen LogP contribution in [0.4, 0.5) is 0 Å². The molecule has 371 valence electrons. The summed E-state index contributed by atoms with van der Waals surface area (Å²) in [6.07, 6.45) is 12.3. The van der Waals surface area contributed by atoms with Crippen molar-refractivity contribution in [1.82, 2.24) is 0 Å². The minimum atomic E-state index is -3.19. The van der Waals surface area contributed by atoms with Crippen LogP contribution in [0.3, 0.4) is 0 Å². The van der Waals surface area contributed by atoms with E-state index in [2.05, 4.69) is 315 Å². The summed E-state index contributed by atoms with van der Waals surface area (Å²) in [7, 11) is -5.72. The van der Waals surface area contributed by atoms with E-state index in [-0.39, 0.29) is 0 Å². The van der Waals surface area contributed by atoms with Gasteiger partial charge in [-0.2, -0.15) is 0 Å². The van der Waals surface area contributed by atoms with E-state index in [0.29, 0.717) is 0 Å². The van der Waals surface area contributed by atoms with E-state index < -0.39 is 15.3 Å². The maximum absolute atomic E-state index is 3.91. The molecule has 9 aromatic carbocycles. The minimum absolute atomic E-state index is 0.964. The van der Waals surface area contributed by atoms with Crippen molar-refractivity contribution in [2.45, 2.75) is 33.1 Å². The van der Waals surface area contributed by atoms with Crippen LogP contribution in [0.15, 0.2) is 301 Å². The van der Waals surface area contributed by atoms with E-state index in [1.807, 2.05) is 17.9 Å². The molecular weight excluding hydrogens is 1140 g/mol. The topological polar surface area (TPSA) is 0 Å². The molecule has 0 N–H and O–H groups in total. The molecular formula is C74H59OsPSi+. The standard InChI is InChI=1S/C74H59PSi.Os/c1-4-28-57-45-50-62(51-46-57)73-71(60-29-13-6-14-30-60)72(61-31-15-7-16-32-61)74(76(73,69-41-23-11-24-42-69)70-43-25-12-26-44-70)63-52-47-58(48-53-63)49-54-64(55-65-34-27-33-59(65)5-2)56(3)75(66-35-17-8-18-36-66,67-37-19-9-20-38-67)68-39-21-10-22-40-68;/h4-26,28-32,35-48,50-53,55H,27,33-34H2,1-2H3;/q+1;/b28-4+,59-5?,64-56?,65-55?;. The molecule has 1 fully saturated rings. The Morgan fingerprint density at radius 2 is 0.857 bits per heavy atom. The number of rotatable bonds is 12. The Kier molecular flexibility index (Phi) is 15.6. The van der Waals surface area contributed by atoms with Gasteiger partial charge in [-0.15, -0.1) is 0 Å². The van der Waals surface area contributed by atoms with Crippen LogP contribution in [0, 0.1) is 16.2 Å². The predicted molar refractivity (Wildman–Crippen MR) is 331 cm³/mol. The van der Waals surface area contributed by atoms with Gasteiger partial charge in [-0.1, -0.05) is 158 Å². The van der Waals surface area contributed by atoms with Crippen LogP contribution in [-0.4, -0.2) is 8.07 Å². The van der Waals surface area contributed by atoms with Crippen LogP contribution < -0.4 is 26.3 Å². The van der Waals surface area contributed by atoms with Crippen molar-refractivity contribution in [1.29, 1.82) is 0 Å². The van der Waals surface area contributed by atoms with Crippen LogP contribution in [-0.2, 0) is 17.9 Å². The molecule has 3 heteroatoms. The monoisotopic (exact) mass is 1200 g/mol. The molecule has 11 rings (SSSR count). The van der Waals surface area contributed by atoms with E-state index in [1.54, 1.807) is 0 Å². The fraction of sp³-hybridized carbons (Fsp3) is 0.0676. The summed E-state index contributed by atoms with van der Waals surface area (Å²) < 4.78 is 3.91. The molecule has 1 saturated carbocycles. The molecule has 77 heavy (non-hydrogen) atoms. The molecule has 0 amide bonds. The summed E-state index contributed by atoms with van der Waals surface area (Å²) in [4.78, 5) is 0. The van der Waals surface area contributed by atoms with E-state index in [1.165, 1.54) is 86.8 Å². The second kappa shape index (κ2) is 23.5. The summed E-state index contributed by atoms with van der Waals surface area (Å²) in [6.45, 7) is 4.26. The molecule has 0 spiro atoms. The molecule has 0 bridgehead atoms. The van der Waals surface area contributed by atoms with Crippen molar-refractivity contribution in [3.63, 3.8) is 0 Å². The number of hydrogen-bond acceptors (Lipinski definition) is 0. The third kappa shape index (κ3) is 9.80. The maximum atomic E-state index is 3.91. The van der Waals surface area contributed by atoms with Gasteiger partial charge in [0.15, 0.2) is 0 Å². The zero-order valence-electron chi connectivity index (χ0n) is 43.6. The summed E-state index contributed by atoms with van der Waals surface area (Å²) in [6, 6.07) is 97.0. The van der Waals surface area contributed by atoms with Crippen molar-refractivity contribution in [3.05, 3.63) is 334 Å². The first-order valence-corrected chi connectivity index (χ1v) is 31.7. The van der Waals surface area contributed by atoms with Crippen LogP contribution in [0.25, 0.3) is 27.6 Å². The zero-order valence-corrected chi connectivity index (χ0v) is 48.0. The van der Waals surface area contributed by atoms with Gasteiger partial charge in [0.05, 0.1) is 0 Å². The normalized spacial score (nSPS) is 15.6. The van der Waals surface area contributed by atoms with Gasteiger partial charge in [0.2, 0.25) is 0 Å². The third-order valence-electron chi connectivity index (χ3n) is 15.2. The van der Waals surface area contributed by atoms with Crippen LogP contribution >= 0.6 is 7.26 Å². The third-order valence-corrected chi connectivity index (χ3v) is 25.5. The Morgan fingerprint density at radius 1 is 0.455 bits per heavy atom. The van der Waals surface area contributed by atoms with Crippen molar-refractivity contribution in [3.8, 4) is 16.2 Å². The molecule has 1 heterocycles. The Bertz CT molecular complexity index is 3700. The Morgan fingerprint density at radius 3 is 1.27 bits per heavy atom. The van der Waals surface area contributed by atoms with Crippen LogP contribution in [0.2, 0.25) is 0 Å². The van der Waals surface area contributed by atoms with Crippen molar-refractivity contribution < 1.29 is 17.9 Å². The van der Waals surface area contributed by atoms with Gasteiger partial charge in [-0.05, 0) is 23.6 Å². The van der Waals surface area contributed by atoms with Crippen molar-refractivity contribution >= 4 is 69.2 Å². The second-order valence-corrected chi connectivity index (χ2v) is 27.2. The average molecular weight is 1200 g/mol. The van der Waals surface area contributed by atoms with Gasteiger partial charge >= 0.3 is 290 Å². The fourth-order valence-corrected chi connectivity index (χ4v) is 23.3. The first-order valence-electron chi connectivity index (χ1n) is 26.7. The van der Waals surface area contributed by atoms with E-state index in [0.717, 1.165) is 35.7 Å². The first-order chi connectivity index (χ1) is 38.1. The molecule has 0 aromatic heterocycles. The first kappa shape index (κ1) is 51.2. The van der Waals surface area contributed by atoms with Gasteiger partial charge in [0.25, 0.3) is 0 Å². The number of hydrogen-bond donors (Lipinski definition) is 0. The van der Waals surface area contributed by atoms with Gasteiger partial charge in [-0.3, -0.25) is 0 Å². The molecule has 2 aliphatic rings. The molecule has 0 nitrogen and oxygen atoms in total. The summed E-state index contributed by atoms with van der Waals surface area (Å²) in [5.74, 6) is 7.73. The number of allylic oxidation sites excluding steroid dienone is 9. The molecule has 0 unspecified atom stereocenters. The van der Waals surface area contributed by atoms with E-state index >= 15 is 0 Å². The summed E-state index contributed by atoms with van der Waals surface area (Å²) in [5, 5.41) is 10.5. The Hall–Kier alpha value is -7.96. The van der Waals surface area contributed by atoms with Crippen molar-refractivity contribution in [2.75, 3.05) is 0 Å². The second-order valence-electron chi connectivity index (χ2n) is 19.5. The Balaban J connectivity index is 1.18. The van der Waals surface area contributed by atoms with Gasteiger partial charge < -0.3 is 0 Å². The van der Waals surface area contributed by atoms with Gasteiger partial charge in [-0.25, -0.2) is 0 Å².